The zero-order valence-electron chi connectivity index (χ0n) is 7.80. The summed E-state index contributed by atoms with van der Waals surface area (Å²) in [4.78, 5) is 6.78. The highest BCUT2D eigenvalue weighted by Crippen LogP contribution is 2.19. The average Bonchev–Trinajstić information content (AvgIpc) is 2.69. The molecule has 78 valence electrons. The molecule has 15 heavy (non-hydrogen) atoms. The van der Waals surface area contributed by atoms with Crippen molar-refractivity contribution in [3.8, 4) is 0 Å². The van der Waals surface area contributed by atoms with E-state index in [0.717, 1.165) is 5.69 Å². The minimum Gasteiger partial charge on any atom is -0.377 e. The van der Waals surface area contributed by atoms with Crippen LogP contribution in [0.25, 0.3) is 0 Å². The summed E-state index contributed by atoms with van der Waals surface area (Å²) in [5, 5.41) is 3.33. The van der Waals surface area contributed by atoms with Crippen molar-refractivity contribution in [2.45, 2.75) is 6.54 Å². The van der Waals surface area contributed by atoms with Crippen LogP contribution in [0.15, 0.2) is 30.7 Å². The predicted molar refractivity (Wildman–Crippen MR) is 57.3 cm³/mol. The molecule has 2 N–H and O–H groups in total. The fourth-order valence-electron chi connectivity index (χ4n) is 1.20. The first-order valence-corrected chi connectivity index (χ1v) is 4.79. The number of nitrogens with zero attached hydrogens (tertiary/aromatic N) is 1. The lowest BCUT2D eigenvalue weighted by Gasteiger charge is -2.05. The lowest BCUT2D eigenvalue weighted by atomic mass is 10.3. The van der Waals surface area contributed by atoms with Crippen LogP contribution in [0.3, 0.4) is 0 Å². The van der Waals surface area contributed by atoms with Crippen molar-refractivity contribution in [2.24, 2.45) is 0 Å². The van der Waals surface area contributed by atoms with Crippen LogP contribution in [0.4, 0.5) is 10.1 Å². The summed E-state index contributed by atoms with van der Waals surface area (Å²) >= 11 is 5.63. The first kappa shape index (κ1) is 9.98. The van der Waals surface area contributed by atoms with Gasteiger partial charge >= 0.3 is 0 Å². The Morgan fingerprint density at radius 3 is 3.00 bits per heavy atom. The second-order valence-corrected chi connectivity index (χ2v) is 3.49. The lowest BCUT2D eigenvalue weighted by Crippen LogP contribution is -2.01. The number of H-pyrrole nitrogens is 1. The van der Waals surface area contributed by atoms with Crippen LogP contribution in [0.1, 0.15) is 5.69 Å². The Balaban J connectivity index is 2.05. The van der Waals surface area contributed by atoms with Gasteiger partial charge in [-0.15, -0.1) is 0 Å². The highest BCUT2D eigenvalue weighted by molar-refractivity contribution is 6.30. The molecular formula is C10H9ClFN3. The number of rotatable bonds is 3. The van der Waals surface area contributed by atoms with E-state index in [1.54, 1.807) is 24.7 Å². The second-order valence-electron chi connectivity index (χ2n) is 3.05. The van der Waals surface area contributed by atoms with Crippen LogP contribution in [-0.4, -0.2) is 9.97 Å². The number of hydrogen-bond donors (Lipinski definition) is 2. The van der Waals surface area contributed by atoms with Gasteiger partial charge in [0.2, 0.25) is 0 Å². The number of anilines is 1. The summed E-state index contributed by atoms with van der Waals surface area (Å²) < 4.78 is 13.3. The summed E-state index contributed by atoms with van der Waals surface area (Å²) in [6.45, 7) is 0.499. The molecule has 2 rings (SSSR count). The molecule has 0 aliphatic rings. The topological polar surface area (TPSA) is 40.7 Å². The molecule has 0 saturated carbocycles. The van der Waals surface area contributed by atoms with Gasteiger partial charge in [0.25, 0.3) is 0 Å². The Morgan fingerprint density at radius 1 is 1.47 bits per heavy atom. The van der Waals surface area contributed by atoms with Crippen molar-refractivity contribution >= 4 is 17.3 Å². The normalized spacial score (nSPS) is 10.3. The van der Waals surface area contributed by atoms with Gasteiger partial charge in [0.15, 0.2) is 0 Å². The fraction of sp³-hybridized carbons (Fsp3) is 0.100. The van der Waals surface area contributed by atoms with E-state index in [1.807, 2.05) is 0 Å². The number of nitrogens with one attached hydrogen (secondary N) is 2. The van der Waals surface area contributed by atoms with E-state index in [0.29, 0.717) is 17.3 Å². The summed E-state index contributed by atoms with van der Waals surface area (Å²) in [6, 6.07) is 4.52. The monoisotopic (exact) mass is 225 g/mol. The smallest absolute Gasteiger partial charge is 0.147 e. The van der Waals surface area contributed by atoms with Gasteiger partial charge in [-0.2, -0.15) is 0 Å². The third-order valence-corrected chi connectivity index (χ3v) is 2.19. The van der Waals surface area contributed by atoms with E-state index in [9.17, 15) is 4.39 Å². The maximum absolute atomic E-state index is 13.3. The zero-order chi connectivity index (χ0) is 10.7. The number of aromatic nitrogens is 2. The van der Waals surface area contributed by atoms with Gasteiger partial charge in [-0.3, -0.25) is 0 Å². The van der Waals surface area contributed by atoms with Gasteiger partial charge in [-0.25, -0.2) is 9.37 Å². The molecular weight excluding hydrogens is 217 g/mol. The molecule has 1 aromatic heterocycles. The van der Waals surface area contributed by atoms with E-state index >= 15 is 0 Å². The average molecular weight is 226 g/mol. The summed E-state index contributed by atoms with van der Waals surface area (Å²) in [6.07, 6.45) is 3.26. The lowest BCUT2D eigenvalue weighted by molar-refractivity contribution is 0.630. The second kappa shape index (κ2) is 4.31. The van der Waals surface area contributed by atoms with Crippen molar-refractivity contribution in [2.75, 3.05) is 5.32 Å². The molecule has 1 aromatic carbocycles. The molecule has 0 atom stereocenters. The minimum atomic E-state index is -0.359. The fourth-order valence-corrected chi connectivity index (χ4v) is 1.36. The van der Waals surface area contributed by atoms with Gasteiger partial charge in [-0.1, -0.05) is 11.6 Å². The number of benzene rings is 1. The highest BCUT2D eigenvalue weighted by Gasteiger charge is 2.02. The van der Waals surface area contributed by atoms with E-state index in [1.165, 1.54) is 6.07 Å². The summed E-state index contributed by atoms with van der Waals surface area (Å²) in [7, 11) is 0. The molecule has 0 aliphatic carbocycles. The van der Waals surface area contributed by atoms with Crippen LogP contribution in [0.5, 0.6) is 0 Å². The Kier molecular flexibility index (Phi) is 2.87. The largest absolute Gasteiger partial charge is 0.377 e. The number of hydrogen-bond acceptors (Lipinski definition) is 2. The van der Waals surface area contributed by atoms with E-state index < -0.39 is 0 Å². The summed E-state index contributed by atoms with van der Waals surface area (Å²) in [5.74, 6) is -0.359. The molecule has 0 radical (unpaired) electrons. The van der Waals surface area contributed by atoms with Crippen LogP contribution >= 0.6 is 11.6 Å². The van der Waals surface area contributed by atoms with Gasteiger partial charge in [0.1, 0.15) is 5.82 Å². The van der Waals surface area contributed by atoms with Crippen LogP contribution in [0.2, 0.25) is 5.02 Å². The first-order valence-electron chi connectivity index (χ1n) is 4.42. The number of imidazole rings is 1. The molecule has 2 aromatic rings. The van der Waals surface area contributed by atoms with Crippen molar-refractivity contribution in [1.29, 1.82) is 0 Å². The molecule has 0 saturated heterocycles. The molecule has 5 heteroatoms. The SMILES string of the molecule is Fc1cc(Cl)ccc1NCc1cnc[nH]1. The van der Waals surface area contributed by atoms with E-state index in [2.05, 4.69) is 15.3 Å². The van der Waals surface area contributed by atoms with Crippen LogP contribution < -0.4 is 5.32 Å². The first-order chi connectivity index (χ1) is 7.25. The summed E-state index contributed by atoms with van der Waals surface area (Å²) in [5.41, 5.74) is 1.32. The van der Waals surface area contributed by atoms with Crippen molar-refractivity contribution in [3.63, 3.8) is 0 Å². The third-order valence-electron chi connectivity index (χ3n) is 1.96. The van der Waals surface area contributed by atoms with Gasteiger partial charge in [-0.05, 0) is 18.2 Å². The van der Waals surface area contributed by atoms with Crippen molar-refractivity contribution in [3.05, 3.63) is 47.3 Å². The van der Waals surface area contributed by atoms with Crippen LogP contribution in [-0.2, 0) is 6.54 Å². The van der Waals surface area contributed by atoms with E-state index in [-0.39, 0.29) is 5.82 Å². The maximum atomic E-state index is 13.3. The Labute approximate surface area is 91.3 Å². The van der Waals surface area contributed by atoms with Gasteiger partial charge in [0.05, 0.1) is 24.3 Å². The van der Waals surface area contributed by atoms with Crippen molar-refractivity contribution < 1.29 is 4.39 Å². The Morgan fingerprint density at radius 2 is 2.33 bits per heavy atom. The minimum absolute atomic E-state index is 0.359. The molecule has 3 nitrogen and oxygen atoms in total. The molecule has 1 heterocycles. The quantitative estimate of drug-likeness (QED) is 0.843. The molecule has 0 spiro atoms. The predicted octanol–water partition coefficient (Wildman–Crippen LogP) is 2.81. The Hall–Kier alpha value is -1.55. The molecule has 0 fully saturated rings. The van der Waals surface area contributed by atoms with E-state index in [4.69, 9.17) is 11.6 Å². The van der Waals surface area contributed by atoms with Crippen LogP contribution in [0, 0.1) is 5.82 Å². The Bertz CT molecular complexity index is 442. The molecule has 0 bridgehead atoms. The third kappa shape index (κ3) is 2.47. The number of aromatic amines is 1. The van der Waals surface area contributed by atoms with Crippen molar-refractivity contribution in [1.82, 2.24) is 9.97 Å². The molecule has 0 amide bonds. The highest BCUT2D eigenvalue weighted by atomic mass is 35.5. The molecule has 0 unspecified atom stereocenters. The van der Waals surface area contributed by atoms with Gasteiger partial charge in [0, 0.05) is 11.2 Å². The van der Waals surface area contributed by atoms with Gasteiger partial charge < -0.3 is 10.3 Å². The zero-order valence-corrected chi connectivity index (χ0v) is 8.55. The standard InChI is InChI=1S/C10H9ClFN3/c11-7-1-2-10(9(12)3-7)14-5-8-4-13-6-15-8/h1-4,6,14H,5H2,(H,13,15). The molecule has 0 aliphatic heterocycles. The maximum Gasteiger partial charge on any atom is 0.147 e. The number of halogens is 2.